The number of halogens is 1. The van der Waals surface area contributed by atoms with Gasteiger partial charge in [-0.1, -0.05) is 41.4 Å². The van der Waals surface area contributed by atoms with Crippen molar-refractivity contribution in [3.63, 3.8) is 0 Å². The summed E-state index contributed by atoms with van der Waals surface area (Å²) in [5, 5.41) is 2.83. The molecule has 140 valence electrons. The van der Waals surface area contributed by atoms with Gasteiger partial charge in [0, 0.05) is 6.42 Å². The average Bonchev–Trinajstić information content (AvgIpc) is 2.52. The van der Waals surface area contributed by atoms with Gasteiger partial charge in [-0.3, -0.25) is 4.79 Å². The fourth-order valence-corrected chi connectivity index (χ4v) is 2.51. The minimum Gasteiger partial charge on any atom is -0.494 e. The molecule has 6 heteroatoms. The van der Waals surface area contributed by atoms with Gasteiger partial charge < -0.3 is 14.8 Å². The van der Waals surface area contributed by atoms with Gasteiger partial charge in [0.15, 0.2) is 5.78 Å². The summed E-state index contributed by atoms with van der Waals surface area (Å²) < 4.78 is 10.9. The van der Waals surface area contributed by atoms with Crippen LogP contribution in [-0.2, 0) is 16.0 Å². The fourth-order valence-electron chi connectivity index (χ4n) is 2.12. The summed E-state index contributed by atoms with van der Waals surface area (Å²) in [6, 6.07) is 6.94. The molecule has 25 heavy (non-hydrogen) atoms. The molecule has 1 aromatic rings. The van der Waals surface area contributed by atoms with Crippen LogP contribution in [0.1, 0.15) is 46.1 Å². The topological polar surface area (TPSA) is 64.6 Å². The highest BCUT2D eigenvalue weighted by atomic mass is 79.9. The minimum atomic E-state index is -0.653. The Morgan fingerprint density at radius 1 is 1.28 bits per heavy atom. The number of alkyl carbamates (subject to hydrolysis) is 1. The van der Waals surface area contributed by atoms with Gasteiger partial charge in [-0.2, -0.15) is 0 Å². The zero-order valence-electron chi connectivity index (χ0n) is 15.4. The van der Waals surface area contributed by atoms with Crippen molar-refractivity contribution in [3.8, 4) is 5.75 Å². The minimum absolute atomic E-state index is 0.108. The number of Topliss-reactive ketones (excluding diaryl/α,β-unsaturated/α-hetero) is 1. The Balaban J connectivity index is 2.76. The maximum absolute atomic E-state index is 12.2. The first-order valence-electron chi connectivity index (χ1n) is 8.55. The van der Waals surface area contributed by atoms with E-state index in [9.17, 15) is 9.59 Å². The summed E-state index contributed by atoms with van der Waals surface area (Å²) in [5.74, 6) is 0.663. The molecule has 0 heterocycles. The van der Waals surface area contributed by atoms with E-state index >= 15 is 0 Å². The predicted octanol–water partition coefficient (Wildman–Crippen LogP) is 4.27. The van der Waals surface area contributed by atoms with Gasteiger partial charge in [-0.15, -0.1) is 0 Å². The van der Waals surface area contributed by atoms with Crippen LogP contribution >= 0.6 is 15.9 Å². The number of unbranched alkanes of at least 4 members (excludes halogenated alkanes) is 1. The average molecular weight is 414 g/mol. The molecule has 0 aromatic heterocycles. The van der Waals surface area contributed by atoms with Crippen molar-refractivity contribution in [1.29, 1.82) is 0 Å². The second kappa shape index (κ2) is 10.4. The largest absolute Gasteiger partial charge is 0.494 e. The molecule has 1 atom stereocenters. The SMILES string of the molecule is CCCCOc1cccc(C[C@H](NC(=O)OC(C)(C)C)C(=O)CBr)c1. The molecule has 1 rings (SSSR count). The number of benzene rings is 1. The van der Waals surface area contributed by atoms with Crippen molar-refractivity contribution in [2.45, 2.75) is 58.6 Å². The summed E-state index contributed by atoms with van der Waals surface area (Å²) in [7, 11) is 0. The summed E-state index contributed by atoms with van der Waals surface area (Å²) in [6.07, 6.45) is 1.85. The Morgan fingerprint density at radius 3 is 2.60 bits per heavy atom. The molecule has 0 bridgehead atoms. The van der Waals surface area contributed by atoms with Gasteiger partial charge >= 0.3 is 6.09 Å². The van der Waals surface area contributed by atoms with E-state index in [1.807, 2.05) is 24.3 Å². The smallest absolute Gasteiger partial charge is 0.408 e. The molecule has 0 aliphatic rings. The number of ether oxygens (including phenoxy) is 2. The van der Waals surface area contributed by atoms with E-state index in [-0.39, 0.29) is 11.1 Å². The van der Waals surface area contributed by atoms with Crippen LogP contribution in [0.15, 0.2) is 24.3 Å². The highest BCUT2D eigenvalue weighted by molar-refractivity contribution is 9.09. The number of amides is 1. The molecule has 0 spiro atoms. The number of alkyl halides is 1. The quantitative estimate of drug-likeness (QED) is 0.484. The first-order chi connectivity index (χ1) is 11.7. The lowest BCUT2D eigenvalue weighted by molar-refractivity contribution is -0.118. The maximum Gasteiger partial charge on any atom is 0.408 e. The summed E-state index contributed by atoms with van der Waals surface area (Å²) in [5.41, 5.74) is 0.309. The van der Waals surface area contributed by atoms with Crippen LogP contribution in [0.4, 0.5) is 4.79 Å². The Morgan fingerprint density at radius 2 is 2.00 bits per heavy atom. The van der Waals surface area contributed by atoms with E-state index in [0.29, 0.717) is 13.0 Å². The van der Waals surface area contributed by atoms with Crippen LogP contribution < -0.4 is 10.1 Å². The van der Waals surface area contributed by atoms with Crippen LogP contribution in [0.3, 0.4) is 0 Å². The Hall–Kier alpha value is -1.56. The van der Waals surface area contributed by atoms with Crippen LogP contribution in [0.2, 0.25) is 0 Å². The molecule has 0 unspecified atom stereocenters. The third kappa shape index (κ3) is 8.91. The van der Waals surface area contributed by atoms with Crippen molar-refractivity contribution in [1.82, 2.24) is 5.32 Å². The van der Waals surface area contributed by atoms with E-state index in [1.165, 1.54) is 0 Å². The predicted molar refractivity (Wildman–Crippen MR) is 103 cm³/mol. The number of hydrogen-bond donors (Lipinski definition) is 1. The molecule has 0 aliphatic carbocycles. The van der Waals surface area contributed by atoms with E-state index in [2.05, 4.69) is 28.2 Å². The van der Waals surface area contributed by atoms with Crippen molar-refractivity contribution < 1.29 is 19.1 Å². The Bertz CT molecular complexity index is 569. The van der Waals surface area contributed by atoms with Crippen LogP contribution in [0.5, 0.6) is 5.75 Å². The summed E-state index contributed by atoms with van der Waals surface area (Å²) in [6.45, 7) is 8.12. The second-order valence-corrected chi connectivity index (χ2v) is 7.41. The molecular weight excluding hydrogens is 386 g/mol. The molecule has 0 aliphatic heterocycles. The van der Waals surface area contributed by atoms with Crippen molar-refractivity contribution in [2.24, 2.45) is 0 Å². The lowest BCUT2D eigenvalue weighted by atomic mass is 10.0. The number of rotatable bonds is 9. The first kappa shape index (κ1) is 21.5. The number of ketones is 1. The Kier molecular flexibility index (Phi) is 8.97. The molecular formula is C19H28BrNO4. The molecule has 0 saturated carbocycles. The third-order valence-corrected chi connectivity index (χ3v) is 3.87. The molecule has 0 radical (unpaired) electrons. The lowest BCUT2D eigenvalue weighted by Crippen LogP contribution is -2.45. The van der Waals surface area contributed by atoms with Crippen LogP contribution in [0.25, 0.3) is 0 Å². The van der Waals surface area contributed by atoms with E-state index in [4.69, 9.17) is 9.47 Å². The number of carbonyl (C=O) groups is 2. The second-order valence-electron chi connectivity index (χ2n) is 6.85. The van der Waals surface area contributed by atoms with Gasteiger partial charge in [0.1, 0.15) is 11.4 Å². The van der Waals surface area contributed by atoms with Gasteiger partial charge in [0.05, 0.1) is 18.0 Å². The number of carbonyl (C=O) groups excluding carboxylic acids is 2. The molecule has 1 aromatic carbocycles. The van der Waals surface area contributed by atoms with Crippen molar-refractivity contribution in [3.05, 3.63) is 29.8 Å². The molecule has 5 nitrogen and oxygen atoms in total. The molecule has 1 N–H and O–H groups in total. The van der Waals surface area contributed by atoms with E-state index in [1.54, 1.807) is 20.8 Å². The normalized spacial score (nSPS) is 12.4. The summed E-state index contributed by atoms with van der Waals surface area (Å²) >= 11 is 3.17. The highest BCUT2D eigenvalue weighted by Gasteiger charge is 2.24. The number of hydrogen-bond acceptors (Lipinski definition) is 4. The fraction of sp³-hybridized carbons (Fsp3) is 0.579. The highest BCUT2D eigenvalue weighted by Crippen LogP contribution is 2.16. The van der Waals surface area contributed by atoms with Crippen molar-refractivity contribution in [2.75, 3.05) is 11.9 Å². The zero-order valence-corrected chi connectivity index (χ0v) is 17.0. The van der Waals surface area contributed by atoms with Gasteiger partial charge in [0.25, 0.3) is 0 Å². The van der Waals surface area contributed by atoms with Gasteiger partial charge in [0.2, 0.25) is 0 Å². The van der Waals surface area contributed by atoms with Crippen LogP contribution in [0, 0.1) is 0 Å². The summed E-state index contributed by atoms with van der Waals surface area (Å²) in [4.78, 5) is 24.2. The lowest BCUT2D eigenvalue weighted by Gasteiger charge is -2.23. The van der Waals surface area contributed by atoms with Crippen LogP contribution in [-0.4, -0.2) is 35.5 Å². The van der Waals surface area contributed by atoms with E-state index in [0.717, 1.165) is 24.2 Å². The standard InChI is InChI=1S/C19H28BrNO4/c1-5-6-10-24-15-9-7-8-14(11-15)12-16(17(22)13-20)21-18(23)25-19(2,3)4/h7-9,11,16H,5-6,10,12-13H2,1-4H3,(H,21,23)/t16-/m0/s1. The molecule has 0 saturated heterocycles. The Labute approximate surface area is 158 Å². The van der Waals surface area contributed by atoms with Crippen molar-refractivity contribution >= 4 is 27.8 Å². The van der Waals surface area contributed by atoms with Gasteiger partial charge in [-0.25, -0.2) is 4.79 Å². The number of nitrogens with one attached hydrogen (secondary N) is 1. The monoisotopic (exact) mass is 413 g/mol. The molecule has 0 fully saturated rings. The van der Waals surface area contributed by atoms with E-state index < -0.39 is 17.7 Å². The first-order valence-corrected chi connectivity index (χ1v) is 9.67. The zero-order chi connectivity index (χ0) is 18.9. The van der Waals surface area contributed by atoms with Gasteiger partial charge in [-0.05, 0) is 44.9 Å². The molecule has 1 amide bonds. The third-order valence-electron chi connectivity index (χ3n) is 3.32. The maximum atomic E-state index is 12.2.